The van der Waals surface area contributed by atoms with E-state index in [1.165, 1.54) is 72.0 Å². The Kier molecular flexibility index (Phi) is 11.8. The Hall–Kier alpha value is -9.90. The summed E-state index contributed by atoms with van der Waals surface area (Å²) in [4.78, 5) is 7.09. The molecule has 0 N–H and O–H groups in total. The fraction of sp³-hybridized carbons (Fsp3) is 0.0667. The summed E-state index contributed by atoms with van der Waals surface area (Å²) >= 11 is 0. The molecule has 0 unspecified atom stereocenters. The number of benzene rings is 10. The molecule has 79 heavy (non-hydrogen) atoms. The third kappa shape index (κ3) is 8.41. The predicted molar refractivity (Wildman–Crippen MR) is 335 cm³/mol. The Morgan fingerprint density at radius 2 is 0.949 bits per heavy atom. The van der Waals surface area contributed by atoms with E-state index >= 15 is 0 Å². The van der Waals surface area contributed by atoms with E-state index in [1.807, 2.05) is 0 Å². The molecule has 0 fully saturated rings. The number of aromatic nitrogens is 1. The van der Waals surface area contributed by atoms with Crippen molar-refractivity contribution in [3.63, 3.8) is 0 Å². The van der Waals surface area contributed by atoms with Crippen LogP contribution in [-0.4, -0.2) is 4.57 Å². The second-order valence-electron chi connectivity index (χ2n) is 21.4. The largest absolute Gasteiger partial charge is 0.314 e. The number of allylic oxidation sites excluding steroid dienone is 7. The standard InChI is InChI=1S/C75H58N4/c1-52-17-7-8-20-57-21-9-14-26-72(57)76(52)58-41-43-62(44-42-58)77(59-35-29-54(30-36-59)53-18-5-4-6-19-53)60-37-31-55(32-38-60)56-33-39-61(40-34-56)78(65-49-50-71-69(51-65)66-22-10-13-25-70(66)75(71,2)3)63-45-47-64(48-46-63)79-73-27-15-11-23-67(73)68-24-12-16-28-74(68)79/h4-31,33-37,39-51H,1,32,38H2,2-3H3/b17-7-,20-8-. The van der Waals surface area contributed by atoms with Gasteiger partial charge in [0, 0.05) is 67.4 Å². The van der Waals surface area contributed by atoms with Gasteiger partial charge in [0.05, 0.1) is 16.7 Å². The summed E-state index contributed by atoms with van der Waals surface area (Å²) < 4.78 is 2.39. The second kappa shape index (κ2) is 19.6. The van der Waals surface area contributed by atoms with Crippen LogP contribution in [0.4, 0.5) is 39.8 Å². The van der Waals surface area contributed by atoms with E-state index in [0.29, 0.717) is 0 Å². The molecule has 0 bridgehead atoms. The summed E-state index contributed by atoms with van der Waals surface area (Å²) in [6, 6.07) is 88.8. The number of hydrogen-bond acceptors (Lipinski definition) is 3. The predicted octanol–water partition coefficient (Wildman–Crippen LogP) is 20.4. The molecular weight excluding hydrogens is 957 g/mol. The molecule has 0 radical (unpaired) electrons. The topological polar surface area (TPSA) is 14.7 Å². The van der Waals surface area contributed by atoms with Gasteiger partial charge in [-0.05, 0) is 178 Å². The molecule has 0 saturated carbocycles. The van der Waals surface area contributed by atoms with E-state index < -0.39 is 0 Å². The first kappa shape index (κ1) is 47.5. The van der Waals surface area contributed by atoms with Crippen LogP contribution in [-0.2, 0) is 5.41 Å². The van der Waals surface area contributed by atoms with Crippen molar-refractivity contribution in [2.24, 2.45) is 0 Å². The van der Waals surface area contributed by atoms with Crippen LogP contribution in [0.1, 0.15) is 48.9 Å². The Labute approximate surface area is 463 Å². The maximum Gasteiger partial charge on any atom is 0.0541 e. The lowest BCUT2D eigenvalue weighted by Crippen LogP contribution is -2.19. The van der Waals surface area contributed by atoms with E-state index in [0.717, 1.165) is 69.6 Å². The van der Waals surface area contributed by atoms with Crippen molar-refractivity contribution >= 4 is 73.3 Å². The smallest absolute Gasteiger partial charge is 0.0541 e. The van der Waals surface area contributed by atoms with Crippen molar-refractivity contribution in [2.75, 3.05) is 14.7 Å². The van der Waals surface area contributed by atoms with Gasteiger partial charge in [0.1, 0.15) is 0 Å². The minimum atomic E-state index is -0.0802. The maximum absolute atomic E-state index is 4.48. The van der Waals surface area contributed by atoms with E-state index in [4.69, 9.17) is 0 Å². The molecule has 1 aromatic heterocycles. The van der Waals surface area contributed by atoms with Gasteiger partial charge in [0.2, 0.25) is 0 Å². The van der Waals surface area contributed by atoms with Crippen LogP contribution in [0, 0.1) is 0 Å². The highest BCUT2D eigenvalue weighted by Crippen LogP contribution is 2.51. The van der Waals surface area contributed by atoms with Gasteiger partial charge in [-0.15, -0.1) is 0 Å². The fourth-order valence-electron chi connectivity index (χ4n) is 12.5. The van der Waals surface area contributed by atoms with Gasteiger partial charge in [0.25, 0.3) is 0 Å². The summed E-state index contributed by atoms with van der Waals surface area (Å²) in [6.07, 6.45) is 14.8. The van der Waals surface area contributed by atoms with Gasteiger partial charge in [-0.2, -0.15) is 0 Å². The summed E-state index contributed by atoms with van der Waals surface area (Å²) in [7, 11) is 0. The van der Waals surface area contributed by atoms with Crippen molar-refractivity contribution in [1.29, 1.82) is 0 Å². The number of nitrogens with zero attached hydrogens (tertiary/aromatic N) is 4. The summed E-state index contributed by atoms with van der Waals surface area (Å²) in [6.45, 7) is 9.18. The third-order valence-corrected chi connectivity index (χ3v) is 16.4. The number of hydrogen-bond donors (Lipinski definition) is 0. The highest BCUT2D eigenvalue weighted by molar-refractivity contribution is 6.09. The van der Waals surface area contributed by atoms with Gasteiger partial charge in [-0.1, -0.05) is 184 Å². The SMILES string of the molecule is C=C1/C=C\C=C/c2ccccc2N1c1ccc(N(C2=CC=C(c3ccc(N(c4ccc(-n5c6ccccc6c6ccccc65)cc4)c4ccc5c(c4)-c4ccccc4C5(C)C)cc3)CC2)c2ccc(-c3ccccc3)cc2)cc1. The lowest BCUT2D eigenvalue weighted by Gasteiger charge is -2.32. The molecule has 11 aromatic rings. The van der Waals surface area contributed by atoms with Crippen LogP contribution < -0.4 is 14.7 Å². The lowest BCUT2D eigenvalue weighted by atomic mass is 9.82. The van der Waals surface area contributed by atoms with Gasteiger partial charge in [-0.3, -0.25) is 0 Å². The van der Waals surface area contributed by atoms with Crippen molar-refractivity contribution < 1.29 is 0 Å². The Bertz CT molecular complexity index is 4210. The Balaban J connectivity index is 0.812. The van der Waals surface area contributed by atoms with Gasteiger partial charge in [-0.25, -0.2) is 0 Å². The number of fused-ring (bicyclic) bond motifs is 7. The second-order valence-corrected chi connectivity index (χ2v) is 21.4. The molecule has 4 nitrogen and oxygen atoms in total. The Morgan fingerprint density at radius 3 is 1.63 bits per heavy atom. The lowest BCUT2D eigenvalue weighted by molar-refractivity contribution is 0.660. The average molecular weight is 1020 g/mol. The van der Waals surface area contributed by atoms with E-state index in [-0.39, 0.29) is 5.41 Å². The normalized spacial score (nSPS) is 15.1. The summed E-state index contributed by atoms with van der Waals surface area (Å²) in [5, 5.41) is 2.52. The van der Waals surface area contributed by atoms with Crippen molar-refractivity contribution in [3.05, 3.63) is 313 Å². The van der Waals surface area contributed by atoms with Crippen LogP contribution in [0.5, 0.6) is 0 Å². The van der Waals surface area contributed by atoms with E-state index in [2.05, 4.69) is 319 Å². The minimum absolute atomic E-state index is 0.0802. The molecule has 10 aromatic carbocycles. The molecule has 0 saturated heterocycles. The van der Waals surface area contributed by atoms with Gasteiger partial charge in [0.15, 0.2) is 0 Å². The van der Waals surface area contributed by atoms with Gasteiger partial charge >= 0.3 is 0 Å². The molecule has 0 atom stereocenters. The van der Waals surface area contributed by atoms with Crippen LogP contribution in [0.25, 0.3) is 61.4 Å². The van der Waals surface area contributed by atoms with Gasteiger partial charge < -0.3 is 19.3 Å². The van der Waals surface area contributed by atoms with Crippen LogP contribution in [0.3, 0.4) is 0 Å². The molecule has 2 aliphatic carbocycles. The van der Waals surface area contributed by atoms with Crippen LogP contribution >= 0.6 is 0 Å². The number of anilines is 7. The molecule has 1 aliphatic heterocycles. The zero-order valence-corrected chi connectivity index (χ0v) is 44.5. The minimum Gasteiger partial charge on any atom is -0.314 e. The number of rotatable bonds is 10. The van der Waals surface area contributed by atoms with Crippen molar-refractivity contribution in [2.45, 2.75) is 32.1 Å². The first-order valence-electron chi connectivity index (χ1n) is 27.5. The molecule has 0 spiro atoms. The highest BCUT2D eigenvalue weighted by Gasteiger charge is 2.35. The van der Waals surface area contributed by atoms with Crippen LogP contribution in [0.15, 0.2) is 291 Å². The summed E-state index contributed by atoms with van der Waals surface area (Å²) in [5.41, 5.74) is 24.8. The molecule has 378 valence electrons. The van der Waals surface area contributed by atoms with E-state index in [1.54, 1.807) is 0 Å². The van der Waals surface area contributed by atoms with E-state index in [9.17, 15) is 0 Å². The zero-order chi connectivity index (χ0) is 53.0. The monoisotopic (exact) mass is 1010 g/mol. The summed E-state index contributed by atoms with van der Waals surface area (Å²) in [5.74, 6) is 0. The molecule has 0 amide bonds. The quantitative estimate of drug-likeness (QED) is 0.136. The molecule has 14 rings (SSSR count). The zero-order valence-electron chi connectivity index (χ0n) is 44.5. The molecule has 3 aliphatic rings. The number of para-hydroxylation sites is 3. The van der Waals surface area contributed by atoms with Crippen LogP contribution in [0.2, 0.25) is 0 Å². The average Bonchev–Trinajstić information content (AvgIpc) is 4.20. The maximum atomic E-state index is 4.48. The highest BCUT2D eigenvalue weighted by atomic mass is 15.2. The van der Waals surface area contributed by atoms with Crippen molar-refractivity contribution in [1.82, 2.24) is 4.57 Å². The third-order valence-electron chi connectivity index (χ3n) is 16.4. The molecule has 4 heteroatoms. The molecular formula is C75H58N4. The fourth-order valence-corrected chi connectivity index (χ4v) is 12.5. The Morgan fingerprint density at radius 1 is 0.418 bits per heavy atom. The first-order valence-corrected chi connectivity index (χ1v) is 27.5. The molecule has 2 heterocycles. The van der Waals surface area contributed by atoms with Crippen molar-refractivity contribution in [3.8, 4) is 27.9 Å². The first-order chi connectivity index (χ1) is 38.9.